The Morgan fingerprint density at radius 1 is 1.32 bits per heavy atom. The normalized spacial score (nSPS) is 19.9. The molecule has 1 atom stereocenters. The van der Waals surface area contributed by atoms with E-state index in [-0.39, 0.29) is 12.7 Å². The van der Waals surface area contributed by atoms with Crippen LogP contribution in [0.5, 0.6) is 0 Å². The number of hydrogen-bond acceptors (Lipinski definition) is 4. The lowest BCUT2D eigenvalue weighted by Crippen LogP contribution is -2.39. The van der Waals surface area contributed by atoms with Crippen LogP contribution in [0.3, 0.4) is 0 Å². The number of anilines is 1. The third-order valence-electron chi connectivity index (χ3n) is 3.65. The summed E-state index contributed by atoms with van der Waals surface area (Å²) in [5.41, 5.74) is 1.75. The number of nitrogens with zero attached hydrogens (tertiary/aromatic N) is 2. The van der Waals surface area contributed by atoms with Crippen molar-refractivity contribution in [3.63, 3.8) is 0 Å². The summed E-state index contributed by atoms with van der Waals surface area (Å²) < 4.78 is 0. The highest BCUT2D eigenvalue weighted by Crippen LogP contribution is 2.26. The van der Waals surface area contributed by atoms with Crippen molar-refractivity contribution in [3.8, 4) is 0 Å². The number of piperidine rings is 1. The quantitative estimate of drug-likeness (QED) is 0.860. The van der Waals surface area contributed by atoms with Gasteiger partial charge in [0, 0.05) is 24.0 Å². The number of benzene rings is 1. The van der Waals surface area contributed by atoms with E-state index in [0.29, 0.717) is 6.54 Å². The van der Waals surface area contributed by atoms with Gasteiger partial charge in [-0.15, -0.1) is 0 Å². The first-order valence-corrected chi connectivity index (χ1v) is 6.70. The minimum atomic E-state index is -0.298. The number of aliphatic hydroxyl groups excluding tert-OH is 2. The zero-order valence-electron chi connectivity index (χ0n) is 10.8. The van der Waals surface area contributed by atoms with Crippen LogP contribution in [0, 0.1) is 0 Å². The van der Waals surface area contributed by atoms with Crippen molar-refractivity contribution in [2.24, 2.45) is 0 Å². The molecule has 19 heavy (non-hydrogen) atoms. The van der Waals surface area contributed by atoms with Crippen molar-refractivity contribution < 1.29 is 10.2 Å². The fourth-order valence-electron chi connectivity index (χ4n) is 2.69. The van der Waals surface area contributed by atoms with E-state index in [2.05, 4.69) is 9.88 Å². The Labute approximate surface area is 112 Å². The van der Waals surface area contributed by atoms with Crippen LogP contribution in [0.25, 0.3) is 10.9 Å². The van der Waals surface area contributed by atoms with Gasteiger partial charge in [-0.05, 0) is 25.0 Å². The van der Waals surface area contributed by atoms with Gasteiger partial charge in [0.25, 0.3) is 0 Å². The van der Waals surface area contributed by atoms with E-state index >= 15 is 0 Å². The first kappa shape index (κ1) is 12.4. The lowest BCUT2D eigenvalue weighted by molar-refractivity contribution is 0.153. The number of β-amino-alcohol motifs (C(OH)–C–C–N with tert-alkyl or cyclic N) is 1. The smallest absolute Gasteiger partial charge is 0.134 e. The molecule has 1 aliphatic heterocycles. The van der Waals surface area contributed by atoms with Crippen molar-refractivity contribution in [2.75, 3.05) is 18.0 Å². The number of para-hydroxylation sites is 1. The second kappa shape index (κ2) is 5.15. The molecule has 0 radical (unpaired) electrons. The molecule has 0 bridgehead atoms. The Hall–Kier alpha value is -1.65. The molecular formula is C15H18N2O2. The van der Waals surface area contributed by atoms with Crippen LogP contribution in [-0.2, 0) is 6.61 Å². The molecule has 3 rings (SSSR count). The number of hydrogen-bond donors (Lipinski definition) is 2. The fraction of sp³-hybridized carbons (Fsp3) is 0.400. The zero-order valence-corrected chi connectivity index (χ0v) is 10.8. The van der Waals surface area contributed by atoms with Crippen molar-refractivity contribution in [3.05, 3.63) is 35.9 Å². The molecule has 1 fully saturated rings. The van der Waals surface area contributed by atoms with Crippen LogP contribution in [0.2, 0.25) is 0 Å². The summed E-state index contributed by atoms with van der Waals surface area (Å²) in [5.74, 6) is 0.806. The van der Waals surface area contributed by atoms with Gasteiger partial charge in [0.15, 0.2) is 0 Å². The summed E-state index contributed by atoms with van der Waals surface area (Å²) in [6.45, 7) is 1.45. The largest absolute Gasteiger partial charge is 0.392 e. The lowest BCUT2D eigenvalue weighted by Gasteiger charge is -2.32. The molecule has 2 aromatic rings. The lowest BCUT2D eigenvalue weighted by atomic mass is 10.1. The highest BCUT2D eigenvalue weighted by molar-refractivity contribution is 5.81. The summed E-state index contributed by atoms with van der Waals surface area (Å²) in [6, 6.07) is 9.88. The highest BCUT2D eigenvalue weighted by Gasteiger charge is 2.21. The van der Waals surface area contributed by atoms with Gasteiger partial charge < -0.3 is 15.1 Å². The predicted molar refractivity (Wildman–Crippen MR) is 75.1 cm³/mol. The van der Waals surface area contributed by atoms with Crippen molar-refractivity contribution in [1.82, 2.24) is 4.98 Å². The average Bonchev–Trinajstić information content (AvgIpc) is 2.46. The van der Waals surface area contributed by atoms with Crippen molar-refractivity contribution in [1.29, 1.82) is 0 Å². The summed E-state index contributed by atoms with van der Waals surface area (Å²) in [7, 11) is 0. The van der Waals surface area contributed by atoms with E-state index in [0.717, 1.165) is 41.7 Å². The Kier molecular flexibility index (Phi) is 3.36. The number of aliphatic hydroxyl groups is 2. The van der Waals surface area contributed by atoms with Gasteiger partial charge in [-0.25, -0.2) is 4.98 Å². The number of pyridine rings is 1. The summed E-state index contributed by atoms with van der Waals surface area (Å²) >= 11 is 0. The second-order valence-corrected chi connectivity index (χ2v) is 5.06. The number of fused-ring (bicyclic) bond motifs is 1. The zero-order chi connectivity index (χ0) is 13.2. The maximum absolute atomic E-state index is 9.79. The molecule has 2 N–H and O–H groups in total. The molecule has 1 aromatic carbocycles. The van der Waals surface area contributed by atoms with Crippen LogP contribution in [0.15, 0.2) is 30.3 Å². The topological polar surface area (TPSA) is 56.6 Å². The third kappa shape index (κ3) is 2.41. The molecular weight excluding hydrogens is 240 g/mol. The molecule has 1 aromatic heterocycles. The van der Waals surface area contributed by atoms with Gasteiger partial charge in [-0.2, -0.15) is 0 Å². The van der Waals surface area contributed by atoms with Gasteiger partial charge in [-0.1, -0.05) is 18.2 Å². The van der Waals surface area contributed by atoms with Crippen molar-refractivity contribution >= 4 is 16.7 Å². The van der Waals surface area contributed by atoms with E-state index < -0.39 is 0 Å². The first-order valence-electron chi connectivity index (χ1n) is 6.70. The molecule has 1 unspecified atom stereocenters. The Bertz CT molecular complexity index is 585. The molecule has 1 aliphatic rings. The van der Waals surface area contributed by atoms with Crippen molar-refractivity contribution in [2.45, 2.75) is 25.6 Å². The molecule has 4 nitrogen and oxygen atoms in total. The Morgan fingerprint density at radius 2 is 2.16 bits per heavy atom. The molecule has 2 heterocycles. The highest BCUT2D eigenvalue weighted by atomic mass is 16.3. The van der Waals surface area contributed by atoms with Crippen LogP contribution in [0.1, 0.15) is 18.4 Å². The van der Waals surface area contributed by atoms with E-state index in [1.807, 2.05) is 30.3 Å². The molecule has 4 heteroatoms. The standard InChI is InChI=1S/C15H18N2O2/c18-10-12-8-11-4-1-2-6-14(11)16-15(12)17-7-3-5-13(19)9-17/h1-2,4,6,8,13,18-19H,3,5,7,9-10H2. The minimum absolute atomic E-state index is 0.0280. The maximum atomic E-state index is 9.79. The minimum Gasteiger partial charge on any atom is -0.392 e. The molecule has 0 spiro atoms. The van der Waals surface area contributed by atoms with E-state index in [9.17, 15) is 10.2 Å². The SMILES string of the molecule is OCc1cc2ccccc2nc1N1CCCC(O)C1. The Balaban J connectivity index is 2.05. The van der Waals surface area contributed by atoms with Gasteiger partial charge >= 0.3 is 0 Å². The predicted octanol–water partition coefficient (Wildman–Crippen LogP) is 1.69. The number of aromatic nitrogens is 1. The van der Waals surface area contributed by atoms with Crippen LogP contribution in [-0.4, -0.2) is 34.4 Å². The van der Waals surface area contributed by atoms with Gasteiger partial charge in [-0.3, -0.25) is 0 Å². The fourth-order valence-corrected chi connectivity index (χ4v) is 2.69. The first-order chi connectivity index (χ1) is 9.28. The second-order valence-electron chi connectivity index (χ2n) is 5.06. The van der Waals surface area contributed by atoms with Gasteiger partial charge in [0.05, 0.1) is 18.2 Å². The summed E-state index contributed by atoms with van der Waals surface area (Å²) in [6.07, 6.45) is 1.51. The van der Waals surface area contributed by atoms with Gasteiger partial charge in [0.1, 0.15) is 5.82 Å². The molecule has 0 amide bonds. The molecule has 1 saturated heterocycles. The maximum Gasteiger partial charge on any atom is 0.134 e. The number of rotatable bonds is 2. The third-order valence-corrected chi connectivity index (χ3v) is 3.65. The molecule has 100 valence electrons. The Morgan fingerprint density at radius 3 is 2.95 bits per heavy atom. The van der Waals surface area contributed by atoms with E-state index in [4.69, 9.17) is 0 Å². The monoisotopic (exact) mass is 258 g/mol. The molecule has 0 saturated carbocycles. The van der Waals surface area contributed by atoms with Crippen LogP contribution in [0.4, 0.5) is 5.82 Å². The summed E-state index contributed by atoms with van der Waals surface area (Å²) in [4.78, 5) is 6.73. The van der Waals surface area contributed by atoms with Crippen LogP contribution >= 0.6 is 0 Å². The van der Waals surface area contributed by atoms with E-state index in [1.165, 1.54) is 0 Å². The molecule has 0 aliphatic carbocycles. The van der Waals surface area contributed by atoms with E-state index in [1.54, 1.807) is 0 Å². The summed E-state index contributed by atoms with van der Waals surface area (Å²) in [5, 5.41) is 20.4. The van der Waals surface area contributed by atoms with Crippen LogP contribution < -0.4 is 4.90 Å². The average molecular weight is 258 g/mol. The van der Waals surface area contributed by atoms with Gasteiger partial charge in [0.2, 0.25) is 0 Å².